The highest BCUT2D eigenvalue weighted by Gasteiger charge is 1.74. The zero-order valence-corrected chi connectivity index (χ0v) is 5.06. The Bertz CT molecular complexity index is 138. The highest BCUT2D eigenvalue weighted by atomic mass is 32.1. The number of phenols is 1. The predicted octanol–water partition coefficient (Wildman–Crippen LogP) is 2.04. The molecule has 8 heavy (non-hydrogen) atoms. The molecular formula is C6H6OS. The first-order chi connectivity index (χ1) is 3.39. The molecule has 0 saturated heterocycles. The van der Waals surface area contributed by atoms with Gasteiger partial charge in [0.25, 0.3) is 0 Å². The van der Waals surface area contributed by atoms with Crippen LogP contribution in [-0.4, -0.2) is 5.11 Å². The molecule has 1 nitrogen and oxygen atoms in total. The minimum absolute atomic E-state index is 0. The number of rotatable bonds is 0. The largest absolute Gasteiger partial charge is 0.508 e. The molecule has 1 N–H and O–H groups in total. The Morgan fingerprint density at radius 3 is 1.75 bits per heavy atom. The average Bonchev–Trinajstić information content (AvgIpc) is 1.69. The van der Waals surface area contributed by atoms with Crippen molar-refractivity contribution in [2.75, 3.05) is 0 Å². The van der Waals surface area contributed by atoms with Crippen LogP contribution in [0, 0.1) is 0 Å². The number of para-hydroxylation sites is 1. The first-order valence-electron chi connectivity index (χ1n) is 2.13. The molecule has 0 amide bonds. The second-order valence-electron chi connectivity index (χ2n) is 1.34. The lowest BCUT2D eigenvalue weighted by molar-refractivity contribution is 0.475. The molecule has 1 aromatic rings. The molecule has 0 saturated carbocycles. The molecule has 0 aliphatic heterocycles. The molecule has 2 heteroatoms. The summed E-state index contributed by atoms with van der Waals surface area (Å²) < 4.78 is 0. The molecule has 0 spiro atoms. The van der Waals surface area contributed by atoms with E-state index in [0.29, 0.717) is 5.75 Å². The Morgan fingerprint density at radius 1 is 1.00 bits per heavy atom. The van der Waals surface area contributed by atoms with E-state index in [0.717, 1.165) is 0 Å². The number of hydrogen-bond acceptors (Lipinski definition) is 1. The summed E-state index contributed by atoms with van der Waals surface area (Å²) in [6, 6.07) is 8.71. The van der Waals surface area contributed by atoms with E-state index in [1.165, 1.54) is 0 Å². The van der Waals surface area contributed by atoms with Gasteiger partial charge in [-0.05, 0) is 12.1 Å². The van der Waals surface area contributed by atoms with Gasteiger partial charge < -0.3 is 5.11 Å². The lowest BCUT2D eigenvalue weighted by Gasteiger charge is -1.82. The van der Waals surface area contributed by atoms with E-state index in [1.807, 2.05) is 6.07 Å². The molecule has 0 heterocycles. The van der Waals surface area contributed by atoms with E-state index in [9.17, 15) is 0 Å². The van der Waals surface area contributed by atoms with Gasteiger partial charge in [-0.25, -0.2) is 0 Å². The zero-order valence-electron chi connectivity index (χ0n) is 4.24. The number of aromatic hydroxyl groups is 1. The lowest BCUT2D eigenvalue weighted by atomic mass is 10.3. The Labute approximate surface area is 55.4 Å². The van der Waals surface area contributed by atoms with Gasteiger partial charge in [0, 0.05) is 13.5 Å². The van der Waals surface area contributed by atoms with Crippen molar-refractivity contribution in [3.05, 3.63) is 30.3 Å². The fourth-order valence-electron chi connectivity index (χ4n) is 0.428. The molecule has 0 aliphatic rings. The maximum Gasteiger partial charge on any atom is 0.115 e. The van der Waals surface area contributed by atoms with Gasteiger partial charge >= 0.3 is 0 Å². The van der Waals surface area contributed by atoms with Crippen molar-refractivity contribution >= 4 is 13.5 Å². The highest BCUT2D eigenvalue weighted by molar-refractivity contribution is 7.59. The quantitative estimate of drug-likeness (QED) is 0.564. The van der Waals surface area contributed by atoms with Gasteiger partial charge in [-0.3, -0.25) is 0 Å². The Morgan fingerprint density at radius 2 is 1.50 bits per heavy atom. The molecule has 1 rings (SSSR count). The summed E-state index contributed by atoms with van der Waals surface area (Å²) in [5.74, 6) is 0.322. The van der Waals surface area contributed by atoms with Crippen molar-refractivity contribution in [3.8, 4) is 5.75 Å². The van der Waals surface area contributed by atoms with Gasteiger partial charge in [-0.15, -0.1) is 0 Å². The van der Waals surface area contributed by atoms with Crippen LogP contribution in [0.5, 0.6) is 5.75 Å². The van der Waals surface area contributed by atoms with E-state index in [-0.39, 0.29) is 13.5 Å². The van der Waals surface area contributed by atoms with E-state index in [2.05, 4.69) is 0 Å². The monoisotopic (exact) mass is 126 g/mol. The number of phenolic OH excluding ortho intramolecular Hbond substituents is 1. The molecule has 0 aromatic heterocycles. The van der Waals surface area contributed by atoms with Gasteiger partial charge in [0.15, 0.2) is 0 Å². The molecule has 42 valence electrons. The maximum absolute atomic E-state index is 8.63. The van der Waals surface area contributed by atoms with Crippen molar-refractivity contribution in [3.63, 3.8) is 0 Å². The van der Waals surface area contributed by atoms with Crippen LogP contribution in [0.1, 0.15) is 0 Å². The van der Waals surface area contributed by atoms with E-state index in [1.54, 1.807) is 24.3 Å². The number of benzene rings is 1. The van der Waals surface area contributed by atoms with Gasteiger partial charge in [0.2, 0.25) is 0 Å². The second-order valence-corrected chi connectivity index (χ2v) is 1.34. The molecule has 0 bridgehead atoms. The van der Waals surface area contributed by atoms with Crippen molar-refractivity contribution < 1.29 is 5.11 Å². The van der Waals surface area contributed by atoms with Gasteiger partial charge in [-0.1, -0.05) is 18.2 Å². The van der Waals surface area contributed by atoms with Crippen molar-refractivity contribution in [2.45, 2.75) is 0 Å². The fraction of sp³-hybridized carbons (Fsp3) is 0. The Hall–Kier alpha value is -0.630. The average molecular weight is 126 g/mol. The Balaban J connectivity index is 0.000000490. The fourth-order valence-corrected chi connectivity index (χ4v) is 0.428. The third-order valence-corrected chi connectivity index (χ3v) is 0.756. The SMILES string of the molecule is Oc1ccccc1.[S]. The molecule has 1 aromatic carbocycles. The minimum atomic E-state index is 0. The van der Waals surface area contributed by atoms with E-state index < -0.39 is 0 Å². The summed E-state index contributed by atoms with van der Waals surface area (Å²) in [6.07, 6.45) is 0. The van der Waals surface area contributed by atoms with Crippen LogP contribution >= 0.6 is 13.5 Å². The molecule has 0 unspecified atom stereocenters. The third kappa shape index (κ3) is 1.89. The summed E-state index contributed by atoms with van der Waals surface area (Å²) in [5.41, 5.74) is 0. The summed E-state index contributed by atoms with van der Waals surface area (Å²) in [5, 5.41) is 8.63. The second kappa shape index (κ2) is 3.38. The maximum atomic E-state index is 8.63. The van der Waals surface area contributed by atoms with Crippen molar-refractivity contribution in [1.82, 2.24) is 0 Å². The summed E-state index contributed by atoms with van der Waals surface area (Å²) >= 11 is 0. The van der Waals surface area contributed by atoms with Gasteiger partial charge in [0.05, 0.1) is 0 Å². The highest BCUT2D eigenvalue weighted by Crippen LogP contribution is 2.02. The van der Waals surface area contributed by atoms with Crippen LogP contribution in [0.3, 0.4) is 0 Å². The molecule has 0 aliphatic carbocycles. The lowest BCUT2D eigenvalue weighted by Crippen LogP contribution is -1.56. The zero-order chi connectivity index (χ0) is 5.11. The van der Waals surface area contributed by atoms with Crippen LogP contribution in [-0.2, 0) is 0 Å². The van der Waals surface area contributed by atoms with E-state index in [4.69, 9.17) is 5.11 Å². The van der Waals surface area contributed by atoms with Gasteiger partial charge in [-0.2, -0.15) is 0 Å². The first kappa shape index (κ1) is 7.37. The molecule has 0 fully saturated rings. The van der Waals surface area contributed by atoms with Crippen LogP contribution in [0.15, 0.2) is 30.3 Å². The van der Waals surface area contributed by atoms with Crippen molar-refractivity contribution in [2.24, 2.45) is 0 Å². The summed E-state index contributed by atoms with van der Waals surface area (Å²) in [6.45, 7) is 0. The topological polar surface area (TPSA) is 20.2 Å². The summed E-state index contributed by atoms with van der Waals surface area (Å²) in [4.78, 5) is 0. The smallest absolute Gasteiger partial charge is 0.115 e. The van der Waals surface area contributed by atoms with Crippen LogP contribution in [0.25, 0.3) is 0 Å². The van der Waals surface area contributed by atoms with Crippen LogP contribution < -0.4 is 0 Å². The van der Waals surface area contributed by atoms with Crippen LogP contribution in [0.4, 0.5) is 0 Å². The third-order valence-electron chi connectivity index (χ3n) is 0.756. The van der Waals surface area contributed by atoms with Crippen LogP contribution in [0.2, 0.25) is 0 Å². The molecule has 0 atom stereocenters. The summed E-state index contributed by atoms with van der Waals surface area (Å²) in [7, 11) is 0. The predicted molar refractivity (Wildman–Crippen MR) is 35.7 cm³/mol. The molecule has 2 radical (unpaired) electrons. The minimum Gasteiger partial charge on any atom is -0.508 e. The first-order valence-corrected chi connectivity index (χ1v) is 2.13. The van der Waals surface area contributed by atoms with Crippen molar-refractivity contribution in [1.29, 1.82) is 0 Å². The van der Waals surface area contributed by atoms with E-state index >= 15 is 0 Å². The normalized spacial score (nSPS) is 7.50. The van der Waals surface area contributed by atoms with Gasteiger partial charge in [0.1, 0.15) is 5.75 Å². The molecular weight excluding hydrogens is 120 g/mol. The Kier molecular flexibility index (Phi) is 3.12. The standard InChI is InChI=1S/C6H6O.S/c7-6-4-2-1-3-5-6;/h1-5,7H;. The number of hydrogen-bond donors (Lipinski definition) is 1.